The first-order valence-electron chi connectivity index (χ1n) is 12.3. The number of hydrogen-bond acceptors (Lipinski definition) is 5. The molecule has 0 N–H and O–H groups in total. The van der Waals surface area contributed by atoms with Crippen molar-refractivity contribution in [3.63, 3.8) is 0 Å². The van der Waals surface area contributed by atoms with Gasteiger partial charge in [0.15, 0.2) is 17.7 Å². The SMILES string of the molecule is COC(=O)C(OC(C)(C)C)c1c(C)nc2c(ccn2Cc2ccc(F)c(F)c2)c1-c1cc2ccoc2cc1Cl. The van der Waals surface area contributed by atoms with Crippen molar-refractivity contribution in [1.82, 2.24) is 9.55 Å². The summed E-state index contributed by atoms with van der Waals surface area (Å²) < 4.78 is 46.2. The first kappa shape index (κ1) is 26.8. The summed E-state index contributed by atoms with van der Waals surface area (Å²) in [7, 11) is 1.31. The summed E-state index contributed by atoms with van der Waals surface area (Å²) in [6.45, 7) is 7.60. The minimum atomic E-state index is -1.09. The standard InChI is InChI=1S/C30H27ClF2N2O4/c1-16-25(27(29(36)37-5)39-30(2,3)4)26(20-13-18-9-11-38-24(18)14-21(20)31)19-8-10-35(28(19)34-16)15-17-6-7-22(32)23(33)12-17/h6-14,27H,15H2,1-5H3. The Morgan fingerprint density at radius 2 is 1.90 bits per heavy atom. The predicted molar refractivity (Wildman–Crippen MR) is 146 cm³/mol. The third-order valence-electron chi connectivity index (χ3n) is 6.43. The van der Waals surface area contributed by atoms with Crippen LogP contribution in [0.15, 0.2) is 59.3 Å². The van der Waals surface area contributed by atoms with Gasteiger partial charge in [0, 0.05) is 52.0 Å². The molecule has 0 aliphatic carbocycles. The van der Waals surface area contributed by atoms with Crippen LogP contribution in [0.3, 0.4) is 0 Å². The van der Waals surface area contributed by atoms with Gasteiger partial charge >= 0.3 is 5.97 Å². The highest BCUT2D eigenvalue weighted by Gasteiger charge is 2.34. The van der Waals surface area contributed by atoms with Crippen molar-refractivity contribution >= 4 is 39.6 Å². The lowest BCUT2D eigenvalue weighted by molar-refractivity contribution is -0.164. The highest BCUT2D eigenvalue weighted by Crippen LogP contribution is 2.43. The van der Waals surface area contributed by atoms with Crippen LogP contribution >= 0.6 is 11.6 Å². The summed E-state index contributed by atoms with van der Waals surface area (Å²) in [6.07, 6.45) is 2.30. The molecule has 1 unspecified atom stereocenters. The number of halogens is 3. The molecule has 0 aliphatic rings. The van der Waals surface area contributed by atoms with Gasteiger partial charge in [-0.2, -0.15) is 0 Å². The van der Waals surface area contributed by atoms with Gasteiger partial charge in [0.05, 0.1) is 24.0 Å². The molecule has 0 saturated carbocycles. The molecule has 5 aromatic rings. The van der Waals surface area contributed by atoms with Crippen LogP contribution in [0.25, 0.3) is 33.1 Å². The van der Waals surface area contributed by atoms with Crippen LogP contribution in [0, 0.1) is 18.6 Å². The van der Waals surface area contributed by atoms with Gasteiger partial charge in [0.2, 0.25) is 0 Å². The Kier molecular flexibility index (Phi) is 6.95. The van der Waals surface area contributed by atoms with E-state index >= 15 is 0 Å². The van der Waals surface area contributed by atoms with Crippen molar-refractivity contribution in [3.05, 3.63) is 88.4 Å². The molecule has 3 heterocycles. The minimum Gasteiger partial charge on any atom is -0.467 e. The smallest absolute Gasteiger partial charge is 0.339 e. The number of hydrogen-bond donors (Lipinski definition) is 0. The summed E-state index contributed by atoms with van der Waals surface area (Å²) >= 11 is 6.82. The number of carbonyl (C=O) groups excluding carboxylic acids is 1. The Bertz CT molecular complexity index is 1720. The monoisotopic (exact) mass is 552 g/mol. The molecule has 0 fully saturated rings. The number of furan rings is 1. The van der Waals surface area contributed by atoms with E-state index in [1.54, 1.807) is 19.3 Å². The average molecular weight is 553 g/mol. The van der Waals surface area contributed by atoms with Gasteiger partial charge in [0.25, 0.3) is 0 Å². The molecule has 6 nitrogen and oxygen atoms in total. The zero-order valence-electron chi connectivity index (χ0n) is 22.1. The van der Waals surface area contributed by atoms with Gasteiger partial charge in [-0.05, 0) is 63.6 Å². The number of fused-ring (bicyclic) bond motifs is 2. The van der Waals surface area contributed by atoms with Crippen LogP contribution in [0.1, 0.15) is 43.7 Å². The molecule has 0 bridgehead atoms. The second kappa shape index (κ2) is 10.1. The molecule has 0 spiro atoms. The molecule has 39 heavy (non-hydrogen) atoms. The Labute approximate surface area is 229 Å². The second-order valence-electron chi connectivity index (χ2n) is 10.3. The lowest BCUT2D eigenvalue weighted by Crippen LogP contribution is -2.29. The van der Waals surface area contributed by atoms with Crippen LogP contribution in [0.5, 0.6) is 0 Å². The van der Waals surface area contributed by atoms with Gasteiger partial charge in [0.1, 0.15) is 11.2 Å². The van der Waals surface area contributed by atoms with E-state index in [1.807, 2.05) is 49.7 Å². The summed E-state index contributed by atoms with van der Waals surface area (Å²) in [5.41, 5.74) is 3.47. The fraction of sp³-hybridized carbons (Fsp3) is 0.267. The lowest BCUT2D eigenvalue weighted by Gasteiger charge is -2.29. The number of aromatic nitrogens is 2. The van der Waals surface area contributed by atoms with Crippen molar-refractivity contribution in [1.29, 1.82) is 0 Å². The van der Waals surface area contributed by atoms with E-state index in [2.05, 4.69) is 0 Å². The topological polar surface area (TPSA) is 66.5 Å². The summed E-state index contributed by atoms with van der Waals surface area (Å²) in [6, 6.07) is 11.1. The molecule has 2 aromatic carbocycles. The van der Waals surface area contributed by atoms with Gasteiger partial charge in [-0.15, -0.1) is 0 Å². The molecule has 202 valence electrons. The maximum absolute atomic E-state index is 13.9. The molecule has 0 amide bonds. The van der Waals surface area contributed by atoms with Gasteiger partial charge in [-0.1, -0.05) is 17.7 Å². The van der Waals surface area contributed by atoms with Crippen molar-refractivity contribution in [2.75, 3.05) is 7.11 Å². The number of benzene rings is 2. The van der Waals surface area contributed by atoms with Crippen LogP contribution < -0.4 is 0 Å². The number of methoxy groups -OCH3 is 1. The van der Waals surface area contributed by atoms with Crippen molar-refractivity contribution in [2.24, 2.45) is 0 Å². The zero-order chi connectivity index (χ0) is 28.1. The molecule has 3 aromatic heterocycles. The number of pyridine rings is 1. The maximum atomic E-state index is 13.9. The first-order valence-corrected chi connectivity index (χ1v) is 12.7. The number of nitrogens with zero attached hydrogens (tertiary/aromatic N) is 2. The molecular weight excluding hydrogens is 526 g/mol. The van der Waals surface area contributed by atoms with E-state index in [1.165, 1.54) is 13.2 Å². The third kappa shape index (κ3) is 5.14. The van der Waals surface area contributed by atoms with Gasteiger partial charge in [-0.3, -0.25) is 0 Å². The largest absolute Gasteiger partial charge is 0.467 e. The van der Waals surface area contributed by atoms with E-state index in [0.717, 1.165) is 17.5 Å². The van der Waals surface area contributed by atoms with Gasteiger partial charge < -0.3 is 18.5 Å². The molecule has 5 rings (SSSR count). The van der Waals surface area contributed by atoms with Crippen LogP contribution in [0.2, 0.25) is 5.02 Å². The van der Waals surface area contributed by atoms with Crippen molar-refractivity contribution < 1.29 is 27.5 Å². The van der Waals surface area contributed by atoms with Gasteiger partial charge in [-0.25, -0.2) is 18.6 Å². The predicted octanol–water partition coefficient (Wildman–Crippen LogP) is 7.77. The van der Waals surface area contributed by atoms with E-state index < -0.39 is 29.3 Å². The minimum absolute atomic E-state index is 0.249. The highest BCUT2D eigenvalue weighted by molar-refractivity contribution is 6.34. The number of ether oxygens (including phenoxy) is 2. The Balaban J connectivity index is 1.79. The lowest BCUT2D eigenvalue weighted by atomic mass is 9.91. The number of esters is 1. The van der Waals surface area contributed by atoms with E-state index in [9.17, 15) is 13.6 Å². The van der Waals surface area contributed by atoms with E-state index in [0.29, 0.717) is 49.6 Å². The molecule has 0 aliphatic heterocycles. The Morgan fingerprint density at radius 1 is 1.13 bits per heavy atom. The van der Waals surface area contributed by atoms with Crippen LogP contribution in [-0.2, 0) is 20.8 Å². The van der Waals surface area contributed by atoms with Crippen molar-refractivity contribution in [2.45, 2.75) is 45.9 Å². The van der Waals surface area contributed by atoms with Crippen LogP contribution in [0.4, 0.5) is 8.78 Å². The average Bonchev–Trinajstić information content (AvgIpc) is 3.49. The molecule has 9 heteroatoms. The third-order valence-corrected chi connectivity index (χ3v) is 6.75. The summed E-state index contributed by atoms with van der Waals surface area (Å²) in [5.74, 6) is -2.40. The van der Waals surface area contributed by atoms with Crippen LogP contribution in [-0.4, -0.2) is 28.2 Å². The molecule has 0 saturated heterocycles. The Morgan fingerprint density at radius 3 is 2.59 bits per heavy atom. The maximum Gasteiger partial charge on any atom is 0.339 e. The fourth-order valence-electron chi connectivity index (χ4n) is 4.76. The van der Waals surface area contributed by atoms with Crippen molar-refractivity contribution in [3.8, 4) is 11.1 Å². The normalized spacial score (nSPS) is 12.8. The summed E-state index contributed by atoms with van der Waals surface area (Å²) in [4.78, 5) is 18.0. The zero-order valence-corrected chi connectivity index (χ0v) is 22.9. The highest BCUT2D eigenvalue weighted by atomic mass is 35.5. The molecular formula is C30H27ClF2N2O4. The number of carbonyl (C=O) groups is 1. The molecule has 1 atom stereocenters. The number of rotatable bonds is 6. The van der Waals surface area contributed by atoms with E-state index in [4.69, 9.17) is 30.5 Å². The first-order chi connectivity index (χ1) is 18.5. The number of aryl methyl sites for hydroxylation is 1. The van der Waals surface area contributed by atoms with E-state index in [-0.39, 0.29) is 6.54 Å². The fourth-order valence-corrected chi connectivity index (χ4v) is 5.01. The second-order valence-corrected chi connectivity index (χ2v) is 10.7. The summed E-state index contributed by atoms with van der Waals surface area (Å²) in [5, 5.41) is 1.95. The Hall–Kier alpha value is -3.75. The quantitative estimate of drug-likeness (QED) is 0.201. The molecule has 0 radical (unpaired) electrons.